The Hall–Kier alpha value is -4.47. The van der Waals surface area contributed by atoms with Crippen LogP contribution in [0.2, 0.25) is 0 Å². The van der Waals surface area contributed by atoms with Crippen molar-refractivity contribution in [1.82, 2.24) is 14.5 Å². The second-order valence-corrected chi connectivity index (χ2v) is 12.4. The summed E-state index contributed by atoms with van der Waals surface area (Å²) in [6, 6.07) is 35.6. The molecule has 3 aromatic heterocycles. The van der Waals surface area contributed by atoms with Crippen LogP contribution < -0.4 is 0 Å². The SMILES string of the molecule is CC1(C)c2ccc(-c3cn(-c4ccccc4)c(-c4[c-]ccc5oc6ccccc6c45)n3)nc2-c2c(O)cccc2C1(C)C.[Pt]. The largest absolute Gasteiger partial charge is 0.507 e. The van der Waals surface area contributed by atoms with Crippen molar-refractivity contribution in [2.24, 2.45) is 0 Å². The van der Waals surface area contributed by atoms with Gasteiger partial charge >= 0.3 is 0 Å². The Kier molecular flexibility index (Phi) is 6.46. The Bertz CT molecular complexity index is 2210. The summed E-state index contributed by atoms with van der Waals surface area (Å²) in [4.78, 5) is 10.4. The molecule has 5 nitrogen and oxygen atoms in total. The number of rotatable bonds is 3. The summed E-state index contributed by atoms with van der Waals surface area (Å²) in [6.07, 6.45) is 2.04. The number of fused-ring (bicyclic) bond motifs is 6. The molecular weight excluding hydrogens is 726 g/mol. The molecule has 0 amide bonds. The smallest absolute Gasteiger partial charge is 0.125 e. The van der Waals surface area contributed by atoms with Gasteiger partial charge in [-0.1, -0.05) is 99.3 Å². The summed E-state index contributed by atoms with van der Waals surface area (Å²) < 4.78 is 8.30. The van der Waals surface area contributed by atoms with Crippen molar-refractivity contribution in [3.8, 4) is 45.5 Å². The van der Waals surface area contributed by atoms with Gasteiger partial charge < -0.3 is 14.1 Å². The quantitative estimate of drug-likeness (QED) is 0.183. The number of para-hydroxylation sites is 2. The monoisotopic (exact) mass is 755 g/mol. The average Bonchev–Trinajstić information content (AvgIpc) is 3.63. The molecule has 0 aliphatic heterocycles. The molecule has 0 saturated carbocycles. The third kappa shape index (κ3) is 3.95. The minimum absolute atomic E-state index is 0. The van der Waals surface area contributed by atoms with E-state index in [9.17, 15) is 5.11 Å². The Morgan fingerprint density at radius 2 is 1.48 bits per heavy atom. The number of pyridine rings is 1. The molecule has 0 bridgehead atoms. The van der Waals surface area contributed by atoms with Gasteiger partial charge in [0.1, 0.15) is 11.3 Å². The van der Waals surface area contributed by atoms with Crippen molar-refractivity contribution in [1.29, 1.82) is 0 Å². The second-order valence-electron chi connectivity index (χ2n) is 12.4. The topological polar surface area (TPSA) is 64.1 Å². The first-order chi connectivity index (χ1) is 20.8. The predicted molar refractivity (Wildman–Crippen MR) is 171 cm³/mol. The van der Waals surface area contributed by atoms with E-state index in [-0.39, 0.29) is 37.6 Å². The van der Waals surface area contributed by atoms with Crippen LogP contribution in [0.5, 0.6) is 5.75 Å². The summed E-state index contributed by atoms with van der Waals surface area (Å²) in [6.45, 7) is 9.00. The zero-order valence-electron chi connectivity index (χ0n) is 24.8. The molecule has 0 saturated heterocycles. The summed E-state index contributed by atoms with van der Waals surface area (Å²) >= 11 is 0. The molecule has 4 aromatic carbocycles. The van der Waals surface area contributed by atoms with Gasteiger partial charge in [-0.05, 0) is 52.3 Å². The molecule has 44 heavy (non-hydrogen) atoms. The molecule has 1 N–H and O–H groups in total. The fourth-order valence-corrected chi connectivity index (χ4v) is 6.63. The first-order valence-corrected chi connectivity index (χ1v) is 14.6. The van der Waals surface area contributed by atoms with E-state index in [4.69, 9.17) is 14.4 Å². The Morgan fingerprint density at radius 3 is 2.30 bits per heavy atom. The van der Waals surface area contributed by atoms with Crippen LogP contribution in [-0.2, 0) is 31.9 Å². The number of nitrogens with zero attached hydrogens (tertiary/aromatic N) is 3. The van der Waals surface area contributed by atoms with E-state index < -0.39 is 0 Å². The number of hydrogen-bond donors (Lipinski definition) is 1. The number of phenolic OH excluding ortho intramolecular Hbond substituents is 1. The van der Waals surface area contributed by atoms with Gasteiger partial charge in [-0.3, -0.25) is 4.98 Å². The van der Waals surface area contributed by atoms with E-state index in [2.05, 4.69) is 74.7 Å². The van der Waals surface area contributed by atoms with E-state index in [1.54, 1.807) is 6.07 Å². The fourth-order valence-electron chi connectivity index (χ4n) is 6.63. The Morgan fingerprint density at radius 1 is 0.727 bits per heavy atom. The molecule has 0 unspecified atom stereocenters. The molecular formula is C38H30N3O2Pt-. The van der Waals surface area contributed by atoms with Gasteiger partial charge in [0.2, 0.25) is 0 Å². The molecule has 8 rings (SSSR count). The third-order valence-corrected chi connectivity index (χ3v) is 9.65. The van der Waals surface area contributed by atoms with Crippen LogP contribution in [0, 0.1) is 6.07 Å². The van der Waals surface area contributed by atoms with Gasteiger partial charge in [-0.15, -0.1) is 12.1 Å². The molecule has 0 atom stereocenters. The fraction of sp³-hybridized carbons (Fsp3) is 0.158. The van der Waals surface area contributed by atoms with Crippen LogP contribution in [-0.4, -0.2) is 19.6 Å². The maximum atomic E-state index is 11.1. The number of aromatic hydroxyl groups is 1. The minimum atomic E-state index is -0.212. The number of phenols is 1. The van der Waals surface area contributed by atoms with Crippen molar-refractivity contribution in [2.75, 3.05) is 0 Å². The van der Waals surface area contributed by atoms with Crippen molar-refractivity contribution < 1.29 is 30.6 Å². The number of benzene rings is 4. The van der Waals surface area contributed by atoms with E-state index in [1.165, 1.54) is 0 Å². The first-order valence-electron chi connectivity index (χ1n) is 14.6. The van der Waals surface area contributed by atoms with Gasteiger partial charge in [0, 0.05) is 43.9 Å². The van der Waals surface area contributed by atoms with E-state index in [0.717, 1.165) is 72.8 Å². The van der Waals surface area contributed by atoms with Crippen molar-refractivity contribution >= 4 is 21.9 Å². The van der Waals surface area contributed by atoms with E-state index in [0.29, 0.717) is 0 Å². The minimum Gasteiger partial charge on any atom is -0.507 e. The normalized spacial score (nSPS) is 14.6. The molecule has 0 spiro atoms. The number of furan rings is 1. The number of imidazole rings is 1. The summed E-state index contributed by atoms with van der Waals surface area (Å²) in [5, 5.41) is 13.1. The van der Waals surface area contributed by atoms with Crippen LogP contribution in [0.4, 0.5) is 0 Å². The van der Waals surface area contributed by atoms with Gasteiger partial charge in [-0.25, -0.2) is 4.98 Å². The standard InChI is InChI=1S/C38H30N3O2.Pt/c1-37(2)26-16-11-17-30(42)34(26)35-27(38(37,3)4)20-21-28(39-35)29-22-41(23-12-6-5-7-13-23)36(40-29)25-15-10-19-32-33(25)24-14-8-9-18-31(24)43-32;/h5-14,16-22,42H,1-4H3;/q-1;. The molecule has 6 heteroatoms. The van der Waals surface area contributed by atoms with Crippen LogP contribution in [0.25, 0.3) is 61.7 Å². The Labute approximate surface area is 270 Å². The summed E-state index contributed by atoms with van der Waals surface area (Å²) in [5.74, 6) is 0.998. The average molecular weight is 756 g/mol. The van der Waals surface area contributed by atoms with Gasteiger partial charge in [-0.2, -0.15) is 0 Å². The molecule has 1 aliphatic carbocycles. The maximum absolute atomic E-state index is 11.1. The van der Waals surface area contributed by atoms with Crippen molar-refractivity contribution in [2.45, 2.75) is 38.5 Å². The van der Waals surface area contributed by atoms with E-state index >= 15 is 0 Å². The first kappa shape index (κ1) is 28.3. The zero-order valence-corrected chi connectivity index (χ0v) is 27.1. The zero-order chi connectivity index (χ0) is 29.5. The summed E-state index contributed by atoms with van der Waals surface area (Å²) in [7, 11) is 0. The van der Waals surface area contributed by atoms with Crippen molar-refractivity contribution in [3.05, 3.63) is 120 Å². The van der Waals surface area contributed by atoms with Crippen LogP contribution >= 0.6 is 0 Å². The molecule has 7 aromatic rings. The maximum Gasteiger partial charge on any atom is 0.125 e. The van der Waals surface area contributed by atoms with Crippen LogP contribution in [0.1, 0.15) is 38.8 Å². The predicted octanol–water partition coefficient (Wildman–Crippen LogP) is 9.24. The van der Waals surface area contributed by atoms with Gasteiger partial charge in [0.25, 0.3) is 0 Å². The third-order valence-electron chi connectivity index (χ3n) is 9.65. The molecule has 3 heterocycles. The molecule has 0 radical (unpaired) electrons. The van der Waals surface area contributed by atoms with Crippen LogP contribution in [0.3, 0.4) is 0 Å². The summed E-state index contributed by atoms with van der Waals surface area (Å²) in [5.41, 5.74) is 8.34. The van der Waals surface area contributed by atoms with Gasteiger partial charge in [0.15, 0.2) is 0 Å². The van der Waals surface area contributed by atoms with E-state index in [1.807, 2.05) is 60.8 Å². The van der Waals surface area contributed by atoms with Gasteiger partial charge in [0.05, 0.1) is 28.5 Å². The second kappa shape index (κ2) is 10.0. The van der Waals surface area contributed by atoms with Crippen LogP contribution in [0.15, 0.2) is 108 Å². The van der Waals surface area contributed by atoms with Crippen molar-refractivity contribution in [3.63, 3.8) is 0 Å². The Balaban J connectivity index is 0.00000312. The molecule has 1 aliphatic rings. The number of aromatic nitrogens is 3. The number of hydrogen-bond acceptors (Lipinski definition) is 4. The molecule has 0 fully saturated rings. The molecule has 220 valence electrons.